The van der Waals surface area contributed by atoms with Crippen molar-refractivity contribution in [2.45, 2.75) is 0 Å². The summed E-state index contributed by atoms with van der Waals surface area (Å²) >= 11 is 0. The van der Waals surface area contributed by atoms with E-state index in [2.05, 4.69) is 35.3 Å². The first-order valence-electron chi connectivity index (χ1n) is 4.59. The van der Waals surface area contributed by atoms with Crippen molar-refractivity contribution in [3.8, 4) is 0 Å². The molecule has 0 aliphatic rings. The topological polar surface area (TPSA) is 12.9 Å². The molecule has 0 aliphatic carbocycles. The van der Waals surface area contributed by atoms with Crippen LogP contribution in [0.25, 0.3) is 21.7 Å². The molecule has 14 heavy (non-hydrogen) atoms. The van der Waals surface area contributed by atoms with Gasteiger partial charge in [-0.3, -0.25) is 4.98 Å². The number of benzene rings is 2. The molecule has 1 radical (unpaired) electrons. The summed E-state index contributed by atoms with van der Waals surface area (Å²) in [5, 5.41) is 3.52. The molecule has 0 fully saturated rings. The summed E-state index contributed by atoms with van der Waals surface area (Å²) in [4.78, 5) is 4.31. The molecule has 1 aromatic heterocycles. The van der Waals surface area contributed by atoms with Crippen molar-refractivity contribution in [2.75, 3.05) is 0 Å². The van der Waals surface area contributed by atoms with E-state index in [9.17, 15) is 0 Å². The predicted molar refractivity (Wildman–Crippen MR) is 58.1 cm³/mol. The number of nitrogens with zero attached hydrogens (tertiary/aromatic N) is 1. The molecule has 2 aromatic carbocycles. The van der Waals surface area contributed by atoms with E-state index in [4.69, 9.17) is 0 Å². The Morgan fingerprint density at radius 3 is 2.93 bits per heavy atom. The van der Waals surface area contributed by atoms with E-state index in [-0.39, 0.29) is 0 Å². The summed E-state index contributed by atoms with van der Waals surface area (Å²) in [6.45, 7) is 0. The van der Waals surface area contributed by atoms with Gasteiger partial charge >= 0.3 is 0 Å². The van der Waals surface area contributed by atoms with Gasteiger partial charge in [0.2, 0.25) is 0 Å². The second-order valence-electron chi connectivity index (χ2n) is 3.31. The van der Waals surface area contributed by atoms with E-state index in [1.54, 1.807) is 0 Å². The highest BCUT2D eigenvalue weighted by Crippen LogP contribution is 2.20. The number of fused-ring (bicyclic) bond motifs is 2. The maximum Gasteiger partial charge on any atom is 0.0708 e. The summed E-state index contributed by atoms with van der Waals surface area (Å²) in [5.74, 6) is 0. The largest absolute Gasteiger partial charge is 0.256 e. The minimum atomic E-state index is 1.03. The fourth-order valence-corrected chi connectivity index (χ4v) is 1.69. The summed E-state index contributed by atoms with van der Waals surface area (Å²) in [7, 11) is 0. The molecule has 65 valence electrons. The van der Waals surface area contributed by atoms with E-state index in [1.165, 1.54) is 10.8 Å². The SMILES string of the molecule is [c]1cccc2cc3cccnc3cc12. The van der Waals surface area contributed by atoms with Crippen LogP contribution in [-0.4, -0.2) is 4.98 Å². The highest BCUT2D eigenvalue weighted by Gasteiger charge is 1.96. The van der Waals surface area contributed by atoms with Crippen LogP contribution in [0.1, 0.15) is 0 Å². The molecular formula is C13H8N. The monoisotopic (exact) mass is 178 g/mol. The summed E-state index contributed by atoms with van der Waals surface area (Å²) in [6, 6.07) is 17.5. The van der Waals surface area contributed by atoms with Gasteiger partial charge in [-0.2, -0.15) is 0 Å². The highest BCUT2D eigenvalue weighted by molar-refractivity contribution is 5.95. The Labute approximate surface area is 82.0 Å². The van der Waals surface area contributed by atoms with Gasteiger partial charge in [0.25, 0.3) is 0 Å². The summed E-state index contributed by atoms with van der Waals surface area (Å²) in [6.07, 6.45) is 1.82. The lowest BCUT2D eigenvalue weighted by atomic mass is 10.1. The van der Waals surface area contributed by atoms with Crippen molar-refractivity contribution < 1.29 is 0 Å². The standard InChI is InChI=1S/C13H8N/c1-2-5-11-9-13-12(6-3-7-14-13)8-10(11)4-1/h1-4,6-9H. The van der Waals surface area contributed by atoms with Crippen molar-refractivity contribution in [3.05, 3.63) is 54.7 Å². The molecule has 0 saturated heterocycles. The third-order valence-corrected chi connectivity index (χ3v) is 2.39. The zero-order valence-corrected chi connectivity index (χ0v) is 7.57. The van der Waals surface area contributed by atoms with E-state index >= 15 is 0 Å². The Balaban J connectivity index is 2.52. The Hall–Kier alpha value is -1.89. The first-order chi connectivity index (χ1) is 6.93. The predicted octanol–water partition coefficient (Wildman–Crippen LogP) is 3.19. The van der Waals surface area contributed by atoms with Crippen LogP contribution >= 0.6 is 0 Å². The Morgan fingerprint density at radius 2 is 1.93 bits per heavy atom. The van der Waals surface area contributed by atoms with Crippen molar-refractivity contribution >= 4 is 21.7 Å². The van der Waals surface area contributed by atoms with Gasteiger partial charge in [-0.25, -0.2) is 0 Å². The molecule has 0 bridgehead atoms. The fraction of sp³-hybridized carbons (Fsp3) is 0. The molecule has 3 rings (SSSR count). The first-order valence-corrected chi connectivity index (χ1v) is 4.59. The molecular weight excluding hydrogens is 170 g/mol. The lowest BCUT2D eigenvalue weighted by Crippen LogP contribution is -1.78. The zero-order valence-electron chi connectivity index (χ0n) is 7.57. The van der Waals surface area contributed by atoms with E-state index < -0.39 is 0 Å². The lowest BCUT2D eigenvalue weighted by molar-refractivity contribution is 1.42. The molecule has 3 aromatic rings. The maximum atomic E-state index is 4.31. The smallest absolute Gasteiger partial charge is 0.0708 e. The Bertz CT molecular complexity index is 494. The van der Waals surface area contributed by atoms with Crippen molar-refractivity contribution in [3.63, 3.8) is 0 Å². The number of rotatable bonds is 0. The van der Waals surface area contributed by atoms with Crippen molar-refractivity contribution in [2.24, 2.45) is 0 Å². The zero-order chi connectivity index (χ0) is 9.38. The summed E-state index contributed by atoms with van der Waals surface area (Å²) < 4.78 is 0. The van der Waals surface area contributed by atoms with Crippen molar-refractivity contribution in [1.29, 1.82) is 0 Å². The van der Waals surface area contributed by atoms with E-state index in [1.807, 2.05) is 24.4 Å². The van der Waals surface area contributed by atoms with E-state index in [0.717, 1.165) is 10.9 Å². The van der Waals surface area contributed by atoms with Crippen LogP contribution in [0.5, 0.6) is 0 Å². The van der Waals surface area contributed by atoms with Crippen molar-refractivity contribution in [1.82, 2.24) is 4.98 Å². The second kappa shape index (κ2) is 2.81. The molecule has 0 amide bonds. The molecule has 0 N–H and O–H groups in total. The molecule has 0 aliphatic heterocycles. The van der Waals surface area contributed by atoms with Gasteiger partial charge in [0, 0.05) is 11.6 Å². The molecule has 1 heterocycles. The van der Waals surface area contributed by atoms with Crippen LogP contribution in [0.4, 0.5) is 0 Å². The van der Waals surface area contributed by atoms with Crippen LogP contribution < -0.4 is 0 Å². The van der Waals surface area contributed by atoms with Crippen LogP contribution in [0.3, 0.4) is 0 Å². The number of pyridine rings is 1. The minimum Gasteiger partial charge on any atom is -0.256 e. The average molecular weight is 178 g/mol. The van der Waals surface area contributed by atoms with Crippen LogP contribution in [-0.2, 0) is 0 Å². The molecule has 1 heteroatoms. The lowest BCUT2D eigenvalue weighted by Gasteiger charge is -1.99. The molecule has 0 saturated carbocycles. The number of hydrogen-bond donors (Lipinski definition) is 0. The molecule has 1 nitrogen and oxygen atoms in total. The van der Waals surface area contributed by atoms with Gasteiger partial charge in [-0.1, -0.05) is 24.3 Å². The van der Waals surface area contributed by atoms with Gasteiger partial charge in [0.1, 0.15) is 0 Å². The Kier molecular flexibility index (Phi) is 1.51. The minimum absolute atomic E-state index is 1.03. The number of aromatic nitrogens is 1. The fourth-order valence-electron chi connectivity index (χ4n) is 1.69. The second-order valence-corrected chi connectivity index (χ2v) is 3.31. The molecule has 0 spiro atoms. The summed E-state index contributed by atoms with van der Waals surface area (Å²) in [5.41, 5.74) is 1.03. The van der Waals surface area contributed by atoms with Gasteiger partial charge < -0.3 is 0 Å². The normalized spacial score (nSPS) is 10.9. The van der Waals surface area contributed by atoms with Crippen LogP contribution in [0.15, 0.2) is 48.7 Å². The van der Waals surface area contributed by atoms with Gasteiger partial charge in [-0.05, 0) is 35.0 Å². The maximum absolute atomic E-state index is 4.31. The quantitative estimate of drug-likeness (QED) is 0.482. The number of hydrogen-bond acceptors (Lipinski definition) is 1. The van der Waals surface area contributed by atoms with Gasteiger partial charge in [0.05, 0.1) is 5.52 Å². The average Bonchev–Trinajstić information content (AvgIpc) is 2.26. The highest BCUT2D eigenvalue weighted by atomic mass is 14.6. The molecule has 0 atom stereocenters. The van der Waals surface area contributed by atoms with Gasteiger partial charge in [0.15, 0.2) is 0 Å². The molecule has 0 unspecified atom stereocenters. The first kappa shape index (κ1) is 7.51. The van der Waals surface area contributed by atoms with Crippen LogP contribution in [0.2, 0.25) is 0 Å². The van der Waals surface area contributed by atoms with Gasteiger partial charge in [-0.15, -0.1) is 0 Å². The Morgan fingerprint density at radius 1 is 1.00 bits per heavy atom. The third-order valence-electron chi connectivity index (χ3n) is 2.39. The third kappa shape index (κ3) is 1.06. The van der Waals surface area contributed by atoms with Crippen LogP contribution in [0, 0.1) is 6.07 Å². The van der Waals surface area contributed by atoms with E-state index in [0.29, 0.717) is 0 Å².